The zero-order valence-electron chi connectivity index (χ0n) is 14.3. The molecule has 5 N–H and O–H groups in total. The maximum Gasteiger partial charge on any atom is 0.248 e. The van der Waals surface area contributed by atoms with Crippen molar-refractivity contribution in [3.8, 4) is 0 Å². The number of hydrogen-bond acceptors (Lipinski definition) is 4. The topological polar surface area (TPSA) is 107 Å². The number of nitrogens with one attached hydrogen (secondary N) is 1. The van der Waals surface area contributed by atoms with E-state index in [0.29, 0.717) is 23.1 Å². The van der Waals surface area contributed by atoms with Crippen molar-refractivity contribution in [3.05, 3.63) is 57.6 Å². The molecule has 2 atom stereocenters. The van der Waals surface area contributed by atoms with E-state index < -0.39 is 17.4 Å². The van der Waals surface area contributed by atoms with Crippen LogP contribution in [0.1, 0.15) is 12.0 Å². The number of benzene rings is 1. The molecule has 0 fully saturated rings. The minimum atomic E-state index is -1.04. The molecule has 0 radical (unpaired) electrons. The van der Waals surface area contributed by atoms with E-state index >= 15 is 0 Å². The minimum Gasteiger partial charge on any atom is -0.385 e. The average molecular weight is 398 g/mol. The molecule has 1 aromatic rings. The fraction of sp³-hybridized carbons (Fsp3) is 0.333. The lowest BCUT2D eigenvalue weighted by atomic mass is 9.73. The van der Waals surface area contributed by atoms with Crippen LogP contribution in [-0.2, 0) is 20.9 Å². The third-order valence-electron chi connectivity index (χ3n) is 4.38. The normalized spacial score (nSPS) is 22.0. The molecule has 6 nitrogen and oxygen atoms in total. The Morgan fingerprint density at radius 3 is 2.62 bits per heavy atom. The summed E-state index contributed by atoms with van der Waals surface area (Å²) in [5.74, 6) is -0.864. The summed E-state index contributed by atoms with van der Waals surface area (Å²) in [4.78, 5) is 24.3. The molecular weight excluding hydrogens is 377 g/mol. The Kier molecular flexibility index (Phi) is 6.83. The van der Waals surface area contributed by atoms with E-state index in [1.807, 2.05) is 0 Å². The van der Waals surface area contributed by atoms with Crippen molar-refractivity contribution in [1.29, 1.82) is 0 Å². The van der Waals surface area contributed by atoms with E-state index in [1.165, 1.54) is 12.2 Å². The Labute approximate surface area is 162 Å². The van der Waals surface area contributed by atoms with E-state index in [4.69, 9.17) is 39.4 Å². The standard InChI is InChI=1S/C18H21Cl2N3O3/c1-26-7-6-18(5-4-12(16(22)24)9-15(18)21)17(25)23-10-11-2-3-13(19)14(20)8-11/h2-5,8-9,15H,6-7,10,21H2,1H3,(H2,22,24)(H,23,25). The van der Waals surface area contributed by atoms with Gasteiger partial charge < -0.3 is 21.5 Å². The largest absolute Gasteiger partial charge is 0.385 e. The molecule has 2 amide bonds. The molecule has 0 saturated carbocycles. The highest BCUT2D eigenvalue weighted by molar-refractivity contribution is 6.42. The number of halogens is 2. The molecule has 26 heavy (non-hydrogen) atoms. The van der Waals surface area contributed by atoms with Crippen molar-refractivity contribution < 1.29 is 14.3 Å². The fourth-order valence-electron chi connectivity index (χ4n) is 2.77. The predicted molar refractivity (Wildman–Crippen MR) is 102 cm³/mol. The van der Waals surface area contributed by atoms with Gasteiger partial charge in [0.2, 0.25) is 11.8 Å². The van der Waals surface area contributed by atoms with Gasteiger partial charge in [-0.1, -0.05) is 47.5 Å². The van der Waals surface area contributed by atoms with Gasteiger partial charge in [0, 0.05) is 31.9 Å². The molecule has 140 valence electrons. The number of methoxy groups -OCH3 is 1. The summed E-state index contributed by atoms with van der Waals surface area (Å²) in [7, 11) is 1.55. The van der Waals surface area contributed by atoms with Crippen LogP contribution in [0.4, 0.5) is 0 Å². The van der Waals surface area contributed by atoms with Gasteiger partial charge in [0.15, 0.2) is 0 Å². The van der Waals surface area contributed by atoms with Gasteiger partial charge in [0.25, 0.3) is 0 Å². The number of amides is 2. The molecule has 1 aliphatic rings. The Bertz CT molecular complexity index is 764. The van der Waals surface area contributed by atoms with Crippen LogP contribution < -0.4 is 16.8 Å². The quantitative estimate of drug-likeness (QED) is 0.653. The van der Waals surface area contributed by atoms with Crippen molar-refractivity contribution in [1.82, 2.24) is 5.32 Å². The second-order valence-electron chi connectivity index (χ2n) is 6.06. The van der Waals surface area contributed by atoms with Gasteiger partial charge >= 0.3 is 0 Å². The number of carbonyl (C=O) groups is 2. The van der Waals surface area contributed by atoms with Gasteiger partial charge in [0.1, 0.15) is 0 Å². The Balaban J connectivity index is 2.18. The van der Waals surface area contributed by atoms with E-state index in [0.717, 1.165) is 5.56 Å². The van der Waals surface area contributed by atoms with E-state index in [-0.39, 0.29) is 18.0 Å². The smallest absolute Gasteiger partial charge is 0.248 e. The van der Waals surface area contributed by atoms with Gasteiger partial charge in [-0.3, -0.25) is 9.59 Å². The molecule has 0 spiro atoms. The Hall–Kier alpha value is -1.86. The first-order chi connectivity index (χ1) is 12.3. The highest BCUT2D eigenvalue weighted by Gasteiger charge is 2.42. The zero-order valence-corrected chi connectivity index (χ0v) is 15.8. The van der Waals surface area contributed by atoms with Crippen LogP contribution >= 0.6 is 23.2 Å². The molecule has 2 rings (SSSR count). The molecular formula is C18H21Cl2N3O3. The molecule has 8 heteroatoms. The molecule has 2 unspecified atom stereocenters. The second kappa shape index (κ2) is 8.68. The lowest BCUT2D eigenvalue weighted by molar-refractivity contribution is -0.130. The van der Waals surface area contributed by atoms with Crippen LogP contribution in [0.2, 0.25) is 10.0 Å². The zero-order chi connectivity index (χ0) is 19.3. The third-order valence-corrected chi connectivity index (χ3v) is 5.12. The van der Waals surface area contributed by atoms with E-state index in [9.17, 15) is 9.59 Å². The number of ether oxygens (including phenoxy) is 1. The first-order valence-electron chi connectivity index (χ1n) is 7.98. The number of carbonyl (C=O) groups excluding carboxylic acids is 2. The van der Waals surface area contributed by atoms with Gasteiger partial charge in [-0.15, -0.1) is 0 Å². The maximum atomic E-state index is 12.9. The van der Waals surface area contributed by atoms with Crippen molar-refractivity contribution in [2.75, 3.05) is 13.7 Å². The lowest BCUT2D eigenvalue weighted by Gasteiger charge is -2.35. The molecule has 1 aliphatic carbocycles. The summed E-state index contributed by atoms with van der Waals surface area (Å²) >= 11 is 11.9. The van der Waals surface area contributed by atoms with Crippen LogP contribution in [0, 0.1) is 5.41 Å². The maximum absolute atomic E-state index is 12.9. The summed E-state index contributed by atoms with van der Waals surface area (Å²) in [5, 5.41) is 3.72. The molecule has 1 aromatic carbocycles. The summed E-state index contributed by atoms with van der Waals surface area (Å²) < 4.78 is 5.12. The molecule has 0 aromatic heterocycles. The highest BCUT2D eigenvalue weighted by atomic mass is 35.5. The summed E-state index contributed by atoms with van der Waals surface area (Å²) in [5.41, 5.74) is 11.5. The van der Waals surface area contributed by atoms with Gasteiger partial charge in [-0.05, 0) is 24.1 Å². The van der Waals surface area contributed by atoms with Crippen LogP contribution in [0.5, 0.6) is 0 Å². The summed E-state index contributed by atoms with van der Waals surface area (Å²) in [6, 6.07) is 4.42. The Morgan fingerprint density at radius 2 is 2.04 bits per heavy atom. The van der Waals surface area contributed by atoms with E-state index in [2.05, 4.69) is 5.32 Å². The number of hydrogen-bond donors (Lipinski definition) is 3. The van der Waals surface area contributed by atoms with Gasteiger partial charge in [-0.25, -0.2) is 0 Å². The second-order valence-corrected chi connectivity index (χ2v) is 6.87. The molecule has 0 heterocycles. The predicted octanol–water partition coefficient (Wildman–Crippen LogP) is 1.94. The first-order valence-corrected chi connectivity index (χ1v) is 8.73. The fourth-order valence-corrected chi connectivity index (χ4v) is 3.09. The average Bonchev–Trinajstić information content (AvgIpc) is 2.61. The number of nitrogens with two attached hydrogens (primary N) is 2. The lowest BCUT2D eigenvalue weighted by Crippen LogP contribution is -2.52. The van der Waals surface area contributed by atoms with Crippen LogP contribution in [0.25, 0.3) is 0 Å². The Morgan fingerprint density at radius 1 is 1.31 bits per heavy atom. The molecule has 0 saturated heterocycles. The van der Waals surface area contributed by atoms with Crippen LogP contribution in [0.15, 0.2) is 42.0 Å². The molecule has 0 bridgehead atoms. The van der Waals surface area contributed by atoms with Crippen molar-refractivity contribution in [2.45, 2.75) is 19.0 Å². The first kappa shape index (κ1) is 20.5. The minimum absolute atomic E-state index is 0.261. The van der Waals surface area contributed by atoms with Crippen molar-refractivity contribution in [2.24, 2.45) is 16.9 Å². The third kappa shape index (κ3) is 4.45. The monoisotopic (exact) mass is 397 g/mol. The number of rotatable bonds is 7. The van der Waals surface area contributed by atoms with Gasteiger partial charge in [0.05, 0.1) is 15.5 Å². The number of primary amides is 1. The van der Waals surface area contributed by atoms with Gasteiger partial charge in [-0.2, -0.15) is 0 Å². The van der Waals surface area contributed by atoms with Crippen molar-refractivity contribution in [3.63, 3.8) is 0 Å². The SMILES string of the molecule is COCCC1(C(=O)NCc2ccc(Cl)c(Cl)c2)C=CC(C(N)=O)=CC1N. The van der Waals surface area contributed by atoms with Crippen LogP contribution in [0.3, 0.4) is 0 Å². The highest BCUT2D eigenvalue weighted by Crippen LogP contribution is 2.33. The summed E-state index contributed by atoms with van der Waals surface area (Å²) in [6.07, 6.45) is 5.02. The summed E-state index contributed by atoms with van der Waals surface area (Å²) in [6.45, 7) is 0.593. The molecule has 0 aliphatic heterocycles. The van der Waals surface area contributed by atoms with Crippen LogP contribution in [-0.4, -0.2) is 31.6 Å². The van der Waals surface area contributed by atoms with E-state index in [1.54, 1.807) is 31.4 Å². The van der Waals surface area contributed by atoms with Crippen molar-refractivity contribution >= 4 is 35.0 Å².